The van der Waals surface area contributed by atoms with Crippen LogP contribution in [0.25, 0.3) is 0 Å². The first kappa shape index (κ1) is 21.4. The largest absolute Gasteiger partial charge is 0.491 e. The number of sulfonamides is 1. The minimum absolute atomic E-state index is 0.125. The third-order valence-electron chi connectivity index (χ3n) is 4.37. The highest BCUT2D eigenvalue weighted by Gasteiger charge is 2.19. The van der Waals surface area contributed by atoms with Crippen LogP contribution >= 0.6 is 0 Å². The Morgan fingerprint density at radius 3 is 2.27 bits per heavy atom. The predicted molar refractivity (Wildman–Crippen MR) is 117 cm³/mol. The maximum Gasteiger partial charge on any atom is 0.261 e. The van der Waals surface area contributed by atoms with Crippen molar-refractivity contribution in [3.63, 3.8) is 0 Å². The fourth-order valence-corrected chi connectivity index (χ4v) is 3.87. The third kappa shape index (κ3) is 5.61. The Bertz CT molecular complexity index is 1100. The second-order valence-corrected chi connectivity index (χ2v) is 8.65. The van der Waals surface area contributed by atoms with Crippen LogP contribution in [-0.4, -0.2) is 27.0 Å². The molecule has 2 N–H and O–H groups in total. The van der Waals surface area contributed by atoms with Crippen molar-refractivity contribution in [1.82, 2.24) is 5.32 Å². The van der Waals surface area contributed by atoms with Crippen LogP contribution in [0.15, 0.2) is 83.8 Å². The Hall–Kier alpha value is -3.32. The van der Waals surface area contributed by atoms with Crippen molar-refractivity contribution in [2.75, 3.05) is 11.3 Å². The van der Waals surface area contributed by atoms with Gasteiger partial charge in [0, 0.05) is 0 Å². The number of ether oxygens (including phenoxy) is 1. The summed E-state index contributed by atoms with van der Waals surface area (Å²) in [6.45, 7) is 4.10. The standard InChI is InChI=1S/C23H24N2O4S/c1-17-12-14-19(15-13-17)29-16-18(2)24-23(26)21-10-6-7-11-22(21)25-30(27,28)20-8-4-3-5-9-20/h3-15,18,25H,16H2,1-2H3,(H,24,26)/t18-/m1/s1. The molecule has 156 valence electrons. The Morgan fingerprint density at radius 1 is 0.933 bits per heavy atom. The van der Waals surface area contributed by atoms with E-state index in [1.54, 1.807) is 42.5 Å². The van der Waals surface area contributed by atoms with Crippen LogP contribution in [0.4, 0.5) is 5.69 Å². The van der Waals surface area contributed by atoms with Gasteiger partial charge in [0.05, 0.1) is 22.2 Å². The lowest BCUT2D eigenvalue weighted by molar-refractivity contribution is 0.0927. The van der Waals surface area contributed by atoms with Gasteiger partial charge in [0.15, 0.2) is 0 Å². The van der Waals surface area contributed by atoms with Gasteiger partial charge in [-0.3, -0.25) is 9.52 Å². The molecule has 0 radical (unpaired) electrons. The maximum atomic E-state index is 12.8. The normalized spacial score (nSPS) is 12.1. The minimum atomic E-state index is -3.80. The zero-order valence-corrected chi connectivity index (χ0v) is 17.6. The molecule has 3 rings (SSSR count). The van der Waals surface area contributed by atoms with Crippen LogP contribution < -0.4 is 14.8 Å². The highest BCUT2D eigenvalue weighted by Crippen LogP contribution is 2.20. The molecule has 1 amide bonds. The number of hydrogen-bond donors (Lipinski definition) is 2. The van der Waals surface area contributed by atoms with Gasteiger partial charge in [-0.15, -0.1) is 0 Å². The molecule has 0 unspecified atom stereocenters. The second kappa shape index (κ2) is 9.45. The van der Waals surface area contributed by atoms with Crippen molar-refractivity contribution in [1.29, 1.82) is 0 Å². The van der Waals surface area contributed by atoms with Crippen molar-refractivity contribution in [2.24, 2.45) is 0 Å². The van der Waals surface area contributed by atoms with E-state index in [1.165, 1.54) is 12.1 Å². The first-order valence-corrected chi connectivity index (χ1v) is 11.0. The fraction of sp³-hybridized carbons (Fsp3) is 0.174. The quantitative estimate of drug-likeness (QED) is 0.573. The van der Waals surface area contributed by atoms with E-state index in [0.717, 1.165) is 11.3 Å². The number of hydrogen-bond acceptors (Lipinski definition) is 4. The van der Waals surface area contributed by atoms with Gasteiger partial charge in [-0.1, -0.05) is 48.0 Å². The van der Waals surface area contributed by atoms with Gasteiger partial charge < -0.3 is 10.1 Å². The van der Waals surface area contributed by atoms with Crippen LogP contribution in [0.5, 0.6) is 5.75 Å². The molecule has 7 heteroatoms. The molecule has 0 bridgehead atoms. The Balaban J connectivity index is 1.67. The number of anilines is 1. The monoisotopic (exact) mass is 424 g/mol. The van der Waals surface area contributed by atoms with Gasteiger partial charge in [0.2, 0.25) is 0 Å². The van der Waals surface area contributed by atoms with Crippen LogP contribution in [0.3, 0.4) is 0 Å². The summed E-state index contributed by atoms with van der Waals surface area (Å²) in [5, 5.41) is 2.84. The number of benzene rings is 3. The van der Waals surface area contributed by atoms with Crippen molar-refractivity contribution in [3.8, 4) is 5.75 Å². The molecule has 0 fully saturated rings. The van der Waals surface area contributed by atoms with Gasteiger partial charge >= 0.3 is 0 Å². The van der Waals surface area contributed by atoms with Crippen LogP contribution in [-0.2, 0) is 10.0 Å². The molecular formula is C23H24N2O4S. The highest BCUT2D eigenvalue weighted by atomic mass is 32.2. The van der Waals surface area contributed by atoms with Crippen molar-refractivity contribution in [2.45, 2.75) is 24.8 Å². The summed E-state index contributed by atoms with van der Waals surface area (Å²) in [5.74, 6) is 0.332. The van der Waals surface area contributed by atoms with Crippen molar-refractivity contribution < 1.29 is 17.9 Å². The van der Waals surface area contributed by atoms with Crippen LogP contribution in [0.1, 0.15) is 22.8 Å². The van der Waals surface area contributed by atoms with Crippen LogP contribution in [0.2, 0.25) is 0 Å². The van der Waals surface area contributed by atoms with E-state index in [0.29, 0.717) is 0 Å². The Labute approximate surface area is 177 Å². The molecular weight excluding hydrogens is 400 g/mol. The van der Waals surface area contributed by atoms with E-state index in [4.69, 9.17) is 4.74 Å². The Morgan fingerprint density at radius 2 is 1.57 bits per heavy atom. The van der Waals surface area contributed by atoms with E-state index >= 15 is 0 Å². The smallest absolute Gasteiger partial charge is 0.261 e. The summed E-state index contributed by atoms with van der Waals surface area (Å²) in [4.78, 5) is 12.9. The number of carbonyl (C=O) groups excluding carboxylic acids is 1. The topological polar surface area (TPSA) is 84.5 Å². The summed E-state index contributed by atoms with van der Waals surface area (Å²) >= 11 is 0. The Kier molecular flexibility index (Phi) is 6.74. The molecule has 0 saturated carbocycles. The molecule has 0 aromatic heterocycles. The summed E-state index contributed by atoms with van der Waals surface area (Å²) < 4.78 is 33.4. The number of aryl methyl sites for hydroxylation is 1. The molecule has 1 atom stereocenters. The highest BCUT2D eigenvalue weighted by molar-refractivity contribution is 7.92. The predicted octanol–water partition coefficient (Wildman–Crippen LogP) is 3.99. The van der Waals surface area contributed by atoms with E-state index in [9.17, 15) is 13.2 Å². The molecule has 0 aliphatic heterocycles. The van der Waals surface area contributed by atoms with Crippen molar-refractivity contribution >= 4 is 21.6 Å². The molecule has 0 aliphatic carbocycles. The molecule has 6 nitrogen and oxygen atoms in total. The first-order valence-electron chi connectivity index (χ1n) is 9.52. The number of rotatable bonds is 8. The summed E-state index contributed by atoms with van der Waals surface area (Å²) in [7, 11) is -3.80. The third-order valence-corrected chi connectivity index (χ3v) is 5.75. The van der Waals surface area contributed by atoms with Gasteiger partial charge in [0.25, 0.3) is 15.9 Å². The molecule has 30 heavy (non-hydrogen) atoms. The molecule has 0 heterocycles. The second-order valence-electron chi connectivity index (χ2n) is 6.96. The maximum absolute atomic E-state index is 12.8. The van der Waals surface area contributed by atoms with E-state index < -0.39 is 10.0 Å². The fourth-order valence-electron chi connectivity index (χ4n) is 2.77. The lowest BCUT2D eigenvalue weighted by atomic mass is 10.1. The van der Waals surface area contributed by atoms with Gasteiger partial charge in [-0.2, -0.15) is 0 Å². The average Bonchev–Trinajstić information content (AvgIpc) is 2.74. The molecule has 3 aromatic rings. The molecule has 0 aliphatic rings. The van der Waals surface area contributed by atoms with E-state index in [1.807, 2.05) is 38.1 Å². The number of para-hydroxylation sites is 1. The lowest BCUT2D eigenvalue weighted by Crippen LogP contribution is -2.37. The minimum Gasteiger partial charge on any atom is -0.491 e. The zero-order chi connectivity index (χ0) is 21.6. The molecule has 0 saturated heterocycles. The number of carbonyl (C=O) groups is 1. The summed E-state index contributed by atoms with van der Waals surface area (Å²) in [5.41, 5.74) is 1.59. The van der Waals surface area contributed by atoms with Crippen molar-refractivity contribution in [3.05, 3.63) is 90.0 Å². The molecule has 0 spiro atoms. The summed E-state index contributed by atoms with van der Waals surface area (Å²) in [6.07, 6.45) is 0. The summed E-state index contributed by atoms with van der Waals surface area (Å²) in [6, 6.07) is 21.9. The van der Waals surface area contributed by atoms with Crippen LogP contribution in [0, 0.1) is 6.92 Å². The van der Waals surface area contributed by atoms with Gasteiger partial charge in [-0.05, 0) is 50.2 Å². The number of amides is 1. The number of nitrogens with one attached hydrogen (secondary N) is 2. The van der Waals surface area contributed by atoms with Gasteiger partial charge in [-0.25, -0.2) is 8.42 Å². The van der Waals surface area contributed by atoms with Gasteiger partial charge in [0.1, 0.15) is 12.4 Å². The van der Waals surface area contributed by atoms with E-state index in [2.05, 4.69) is 10.0 Å². The lowest BCUT2D eigenvalue weighted by Gasteiger charge is -2.17. The first-order chi connectivity index (χ1) is 14.3. The average molecular weight is 425 g/mol. The zero-order valence-electron chi connectivity index (χ0n) is 16.8. The van der Waals surface area contributed by atoms with E-state index in [-0.39, 0.29) is 34.7 Å². The SMILES string of the molecule is Cc1ccc(OC[C@@H](C)NC(=O)c2ccccc2NS(=O)(=O)c2ccccc2)cc1. The molecule has 3 aromatic carbocycles.